The van der Waals surface area contributed by atoms with Gasteiger partial charge in [-0.2, -0.15) is 0 Å². The van der Waals surface area contributed by atoms with Gasteiger partial charge in [0.25, 0.3) is 0 Å². The van der Waals surface area contributed by atoms with Crippen molar-refractivity contribution in [1.29, 1.82) is 0 Å². The summed E-state index contributed by atoms with van der Waals surface area (Å²) in [6.45, 7) is 4.03. The highest BCUT2D eigenvalue weighted by atomic mass is 19.1. The molecule has 8 heteroatoms. The molecule has 1 fully saturated rings. The van der Waals surface area contributed by atoms with Crippen molar-refractivity contribution in [1.82, 2.24) is 14.9 Å². The summed E-state index contributed by atoms with van der Waals surface area (Å²) < 4.78 is 39.6. The molecule has 190 valence electrons. The Hall–Kier alpha value is -3.26. The van der Waals surface area contributed by atoms with E-state index in [1.165, 1.54) is 25.3 Å². The van der Waals surface area contributed by atoms with Crippen LogP contribution in [0.4, 0.5) is 8.78 Å². The number of fused-ring (bicyclic) bond motifs is 1. The van der Waals surface area contributed by atoms with Crippen LogP contribution in [0.1, 0.15) is 44.7 Å². The molecule has 5 rings (SSSR count). The van der Waals surface area contributed by atoms with E-state index in [1.54, 1.807) is 0 Å². The maximum Gasteiger partial charge on any atom is 0.308 e. The number of halogens is 2. The Kier molecular flexibility index (Phi) is 7.05. The first-order valence-electron chi connectivity index (χ1n) is 12.6. The molecule has 1 aromatic carbocycles. The van der Waals surface area contributed by atoms with Crippen molar-refractivity contribution in [2.24, 2.45) is 5.92 Å². The summed E-state index contributed by atoms with van der Waals surface area (Å²) in [5.41, 5.74) is 3.23. The molecular weight excluding hydrogens is 464 g/mol. The molecule has 1 aliphatic heterocycles. The van der Waals surface area contributed by atoms with Gasteiger partial charge in [-0.1, -0.05) is 6.08 Å². The topological polar surface area (TPSA) is 67.4 Å². The number of aromatic nitrogens is 2. The maximum atomic E-state index is 15.0. The van der Waals surface area contributed by atoms with Crippen LogP contribution in [0.25, 0.3) is 27.7 Å². The van der Waals surface area contributed by atoms with Crippen molar-refractivity contribution < 1.29 is 23.0 Å². The van der Waals surface area contributed by atoms with Crippen molar-refractivity contribution in [3.8, 4) is 16.9 Å². The smallest absolute Gasteiger partial charge is 0.308 e. The molecule has 3 aromatic rings. The Morgan fingerprint density at radius 2 is 2.00 bits per heavy atom. The third kappa shape index (κ3) is 4.74. The van der Waals surface area contributed by atoms with Crippen molar-refractivity contribution in [2.75, 3.05) is 26.8 Å². The number of aromatic amines is 1. The minimum atomic E-state index is -0.529. The van der Waals surface area contributed by atoms with Crippen LogP contribution in [0.5, 0.6) is 5.75 Å². The van der Waals surface area contributed by atoms with Crippen molar-refractivity contribution in [3.05, 3.63) is 53.9 Å². The quantitative estimate of drug-likeness (QED) is 0.443. The molecule has 0 radical (unpaired) electrons. The van der Waals surface area contributed by atoms with Gasteiger partial charge in [0.2, 0.25) is 0 Å². The van der Waals surface area contributed by atoms with Gasteiger partial charge >= 0.3 is 5.97 Å². The molecule has 1 N–H and O–H groups in total. The number of carbonyl (C=O) groups is 1. The first kappa shape index (κ1) is 24.4. The van der Waals surface area contributed by atoms with E-state index in [1.807, 2.05) is 13.0 Å². The highest BCUT2D eigenvalue weighted by Gasteiger charge is 2.31. The molecule has 3 heterocycles. The molecule has 2 aromatic heterocycles. The number of rotatable bonds is 6. The number of hydrogen-bond donors (Lipinski definition) is 1. The summed E-state index contributed by atoms with van der Waals surface area (Å²) in [4.78, 5) is 22.1. The average Bonchev–Trinajstić information content (AvgIpc) is 3.33. The summed E-state index contributed by atoms with van der Waals surface area (Å²) >= 11 is 0. The Morgan fingerprint density at radius 3 is 2.69 bits per heavy atom. The van der Waals surface area contributed by atoms with Gasteiger partial charge in [-0.05, 0) is 68.9 Å². The predicted octanol–water partition coefficient (Wildman–Crippen LogP) is 5.73. The van der Waals surface area contributed by atoms with Gasteiger partial charge in [0.15, 0.2) is 0 Å². The van der Waals surface area contributed by atoms with Crippen LogP contribution in [0.15, 0.2) is 36.5 Å². The lowest BCUT2D eigenvalue weighted by molar-refractivity contribution is -0.149. The van der Waals surface area contributed by atoms with Crippen LogP contribution in [0.3, 0.4) is 0 Å². The summed E-state index contributed by atoms with van der Waals surface area (Å²) in [5.74, 6) is -0.620. The fourth-order valence-electron chi connectivity index (χ4n) is 5.57. The maximum absolute atomic E-state index is 15.0. The zero-order chi connectivity index (χ0) is 25.2. The number of nitrogens with zero attached hydrogens (tertiary/aromatic N) is 2. The van der Waals surface area contributed by atoms with E-state index < -0.39 is 11.6 Å². The number of carbonyl (C=O) groups excluding carboxylic acids is 1. The lowest BCUT2D eigenvalue weighted by atomic mass is 9.84. The SMILES string of the molecule is CCOC(=O)C1CCC(N2CC=C(c3cc4c(-c5cc(F)ccc5OC)c(F)cnc4[nH]3)CC2)CC1. The predicted molar refractivity (Wildman–Crippen MR) is 135 cm³/mol. The van der Waals surface area contributed by atoms with E-state index in [2.05, 4.69) is 20.9 Å². The van der Waals surface area contributed by atoms with Gasteiger partial charge in [0, 0.05) is 41.3 Å². The van der Waals surface area contributed by atoms with Gasteiger partial charge in [0.05, 0.1) is 25.8 Å². The van der Waals surface area contributed by atoms with E-state index in [0.29, 0.717) is 35.0 Å². The average molecular weight is 496 g/mol. The van der Waals surface area contributed by atoms with Crippen molar-refractivity contribution in [2.45, 2.75) is 45.1 Å². The van der Waals surface area contributed by atoms with E-state index in [-0.39, 0.29) is 17.5 Å². The molecule has 0 spiro atoms. The van der Waals surface area contributed by atoms with Gasteiger partial charge in [-0.3, -0.25) is 9.69 Å². The van der Waals surface area contributed by atoms with E-state index in [4.69, 9.17) is 9.47 Å². The minimum Gasteiger partial charge on any atom is -0.496 e. The van der Waals surface area contributed by atoms with Crippen molar-refractivity contribution in [3.63, 3.8) is 0 Å². The molecule has 0 saturated heterocycles. The number of benzene rings is 1. The number of esters is 1. The number of ether oxygens (including phenoxy) is 2. The van der Waals surface area contributed by atoms with Gasteiger partial charge in [-0.25, -0.2) is 13.8 Å². The lowest BCUT2D eigenvalue weighted by Gasteiger charge is -2.37. The first-order valence-corrected chi connectivity index (χ1v) is 12.6. The van der Waals surface area contributed by atoms with Crippen LogP contribution in [0.2, 0.25) is 0 Å². The lowest BCUT2D eigenvalue weighted by Crippen LogP contribution is -2.41. The fourth-order valence-corrected chi connectivity index (χ4v) is 5.57. The zero-order valence-electron chi connectivity index (χ0n) is 20.7. The molecule has 1 aliphatic carbocycles. The fraction of sp³-hybridized carbons (Fsp3) is 0.429. The number of nitrogens with one attached hydrogen (secondary N) is 1. The Bertz CT molecular complexity index is 1290. The second kappa shape index (κ2) is 10.4. The molecule has 6 nitrogen and oxygen atoms in total. The first-order chi connectivity index (χ1) is 17.5. The normalized spacial score (nSPS) is 20.8. The molecule has 0 amide bonds. The number of methoxy groups -OCH3 is 1. The highest BCUT2D eigenvalue weighted by molar-refractivity contribution is 5.97. The molecule has 0 bridgehead atoms. The number of pyridine rings is 1. The standard InChI is InChI=1S/C28H31F2N3O3/c1-3-36-28(34)18-4-7-20(8-5-18)33-12-10-17(11-13-33)24-15-22-26(23(30)16-31-27(22)32-24)21-14-19(29)6-9-25(21)35-2/h6,9-10,14-16,18,20H,3-5,7-8,11-13H2,1-2H3,(H,31,32). The molecule has 36 heavy (non-hydrogen) atoms. The molecule has 1 saturated carbocycles. The molecule has 0 atom stereocenters. The summed E-state index contributed by atoms with van der Waals surface area (Å²) in [6.07, 6.45) is 7.98. The van der Waals surface area contributed by atoms with Crippen molar-refractivity contribution >= 4 is 22.6 Å². The molecule has 0 unspecified atom stereocenters. The minimum absolute atomic E-state index is 0.0299. The third-order valence-corrected chi connectivity index (χ3v) is 7.46. The van der Waals surface area contributed by atoms with Gasteiger partial charge < -0.3 is 14.5 Å². The third-order valence-electron chi connectivity index (χ3n) is 7.46. The highest BCUT2D eigenvalue weighted by Crippen LogP contribution is 2.38. The van der Waals surface area contributed by atoms with E-state index >= 15 is 0 Å². The summed E-state index contributed by atoms with van der Waals surface area (Å²) in [7, 11) is 1.48. The Balaban J connectivity index is 1.35. The van der Waals surface area contributed by atoms with Gasteiger partial charge in [0.1, 0.15) is 23.0 Å². The van der Waals surface area contributed by atoms with Gasteiger partial charge in [-0.15, -0.1) is 0 Å². The second-order valence-electron chi connectivity index (χ2n) is 9.50. The zero-order valence-corrected chi connectivity index (χ0v) is 20.7. The molecule has 2 aliphatic rings. The summed E-state index contributed by atoms with van der Waals surface area (Å²) in [6, 6.07) is 6.46. The van der Waals surface area contributed by atoms with Crippen LogP contribution < -0.4 is 4.74 Å². The summed E-state index contributed by atoms with van der Waals surface area (Å²) in [5, 5.41) is 0.592. The second-order valence-corrected chi connectivity index (χ2v) is 9.50. The Morgan fingerprint density at radius 1 is 1.19 bits per heavy atom. The largest absolute Gasteiger partial charge is 0.496 e. The van der Waals surface area contributed by atoms with E-state index in [9.17, 15) is 13.6 Å². The Labute approximate surface area is 209 Å². The van der Waals surface area contributed by atoms with Crippen LogP contribution >= 0.6 is 0 Å². The molecular formula is C28H31F2N3O3. The van der Waals surface area contributed by atoms with E-state index in [0.717, 1.165) is 62.7 Å². The monoisotopic (exact) mass is 495 g/mol. The van der Waals surface area contributed by atoms with Crippen LogP contribution in [-0.2, 0) is 9.53 Å². The number of H-pyrrole nitrogens is 1. The number of hydrogen-bond acceptors (Lipinski definition) is 5. The van der Waals surface area contributed by atoms with Crippen LogP contribution in [-0.4, -0.2) is 53.7 Å². The van der Waals surface area contributed by atoms with Crippen LogP contribution in [0, 0.1) is 17.6 Å².